The summed E-state index contributed by atoms with van der Waals surface area (Å²) in [6.07, 6.45) is 2.39. The van der Waals surface area contributed by atoms with E-state index in [1.54, 1.807) is 0 Å². The summed E-state index contributed by atoms with van der Waals surface area (Å²) in [7, 11) is -3.31. The van der Waals surface area contributed by atoms with E-state index in [9.17, 15) is 8.42 Å². The SMILES string of the molecule is CCCCCS(=O)(=O)O[B]O. The Morgan fingerprint density at radius 3 is 2.55 bits per heavy atom. The molecule has 0 aliphatic rings. The van der Waals surface area contributed by atoms with Crippen molar-refractivity contribution in [1.29, 1.82) is 0 Å². The van der Waals surface area contributed by atoms with Gasteiger partial charge in [0.05, 0.1) is 5.75 Å². The molecule has 0 spiro atoms. The molecule has 0 amide bonds. The lowest BCUT2D eigenvalue weighted by Crippen LogP contribution is -2.13. The zero-order valence-electron chi connectivity index (χ0n) is 6.49. The Balaban J connectivity index is 3.56. The normalized spacial score (nSPS) is 11.5. The van der Waals surface area contributed by atoms with Crippen LogP contribution >= 0.6 is 0 Å². The van der Waals surface area contributed by atoms with Crippen LogP contribution < -0.4 is 0 Å². The first-order valence-corrected chi connectivity index (χ1v) is 5.07. The van der Waals surface area contributed by atoms with Gasteiger partial charge in [0.1, 0.15) is 0 Å². The molecule has 0 aromatic heterocycles. The maximum absolute atomic E-state index is 10.7. The molecular formula is C5H12BO4S. The number of unbranched alkanes of at least 4 members (excludes halogenated alkanes) is 2. The molecule has 0 bridgehead atoms. The van der Waals surface area contributed by atoms with Crippen LogP contribution in [-0.2, 0) is 14.2 Å². The molecule has 1 radical (unpaired) electrons. The molecule has 65 valence electrons. The van der Waals surface area contributed by atoms with Crippen LogP contribution in [0.15, 0.2) is 0 Å². The first-order valence-electron chi connectivity index (χ1n) is 3.49. The van der Waals surface area contributed by atoms with E-state index in [4.69, 9.17) is 5.02 Å². The fraction of sp³-hybridized carbons (Fsp3) is 1.00. The van der Waals surface area contributed by atoms with Gasteiger partial charge in [0.2, 0.25) is 0 Å². The quantitative estimate of drug-likeness (QED) is 0.462. The van der Waals surface area contributed by atoms with Gasteiger partial charge in [-0.1, -0.05) is 19.8 Å². The Labute approximate surface area is 68.0 Å². The number of hydrogen-bond acceptors (Lipinski definition) is 4. The van der Waals surface area contributed by atoms with E-state index in [-0.39, 0.29) is 13.4 Å². The molecule has 1 N–H and O–H groups in total. The van der Waals surface area contributed by atoms with Crippen molar-refractivity contribution in [2.24, 2.45) is 0 Å². The Bertz CT molecular complexity index is 177. The second-order valence-electron chi connectivity index (χ2n) is 2.17. The smallest absolute Gasteiger partial charge is 0.428 e. The standard InChI is InChI=1S/C5H12BO4S/c1-2-3-4-5-11(8,9)10-6-7/h7H,2-5H2,1H3. The van der Waals surface area contributed by atoms with Gasteiger partial charge in [0.15, 0.2) is 0 Å². The zero-order valence-corrected chi connectivity index (χ0v) is 7.30. The minimum Gasteiger partial charge on any atom is -0.428 e. The van der Waals surface area contributed by atoms with Crippen molar-refractivity contribution in [3.05, 3.63) is 0 Å². The molecule has 6 heteroatoms. The first-order chi connectivity index (χ1) is 5.12. The Morgan fingerprint density at radius 1 is 1.45 bits per heavy atom. The van der Waals surface area contributed by atoms with Crippen LogP contribution in [0.5, 0.6) is 0 Å². The summed E-state index contributed by atoms with van der Waals surface area (Å²) < 4.78 is 25.4. The second kappa shape index (κ2) is 5.57. The van der Waals surface area contributed by atoms with Gasteiger partial charge in [-0.15, -0.1) is 0 Å². The molecule has 0 aliphatic carbocycles. The van der Waals surface area contributed by atoms with Crippen molar-refractivity contribution in [1.82, 2.24) is 0 Å². The zero-order chi connectivity index (χ0) is 8.74. The summed E-state index contributed by atoms with van der Waals surface area (Å²) in [6.45, 7) is 1.98. The van der Waals surface area contributed by atoms with Crippen LogP contribution in [0.1, 0.15) is 26.2 Å². The lowest BCUT2D eigenvalue weighted by atomic mass is 10.3. The highest BCUT2D eigenvalue weighted by Crippen LogP contribution is 1.99. The third-order valence-corrected chi connectivity index (χ3v) is 2.36. The maximum Gasteiger partial charge on any atom is 0.501 e. The van der Waals surface area contributed by atoms with E-state index >= 15 is 0 Å². The van der Waals surface area contributed by atoms with Gasteiger partial charge in [-0.05, 0) is 6.42 Å². The summed E-state index contributed by atoms with van der Waals surface area (Å²) in [4.78, 5) is 0. The third-order valence-electron chi connectivity index (χ3n) is 1.19. The van der Waals surface area contributed by atoms with Gasteiger partial charge < -0.3 is 9.12 Å². The van der Waals surface area contributed by atoms with Crippen LogP contribution in [0.3, 0.4) is 0 Å². The Kier molecular flexibility index (Phi) is 5.54. The molecule has 0 rings (SSSR count). The number of hydrogen-bond donors (Lipinski definition) is 1. The summed E-state index contributed by atoms with van der Waals surface area (Å²) in [6, 6.07) is 0. The molecule has 0 aromatic rings. The molecular weight excluding hydrogens is 167 g/mol. The summed E-state index contributed by atoms with van der Waals surface area (Å²) >= 11 is 0. The van der Waals surface area contributed by atoms with E-state index in [1.165, 1.54) is 0 Å². The molecule has 0 unspecified atom stereocenters. The molecule has 0 saturated heterocycles. The van der Waals surface area contributed by atoms with Crippen molar-refractivity contribution >= 4 is 17.8 Å². The van der Waals surface area contributed by atoms with Crippen molar-refractivity contribution in [3.63, 3.8) is 0 Å². The molecule has 0 aromatic carbocycles. The second-order valence-corrected chi connectivity index (χ2v) is 3.89. The number of rotatable bonds is 6. The predicted octanol–water partition coefficient (Wildman–Crippen LogP) is 0.0495. The average molecular weight is 179 g/mol. The van der Waals surface area contributed by atoms with E-state index < -0.39 is 10.1 Å². The summed E-state index contributed by atoms with van der Waals surface area (Å²) in [5, 5.41) is 8.03. The van der Waals surface area contributed by atoms with Crippen molar-refractivity contribution in [2.75, 3.05) is 5.75 Å². The molecule has 4 nitrogen and oxygen atoms in total. The minimum absolute atomic E-state index is 0.0299. The van der Waals surface area contributed by atoms with Crippen LogP contribution in [0.4, 0.5) is 0 Å². The largest absolute Gasteiger partial charge is 0.501 e. The van der Waals surface area contributed by atoms with Gasteiger partial charge in [0, 0.05) is 0 Å². The Morgan fingerprint density at radius 2 is 2.09 bits per heavy atom. The highest BCUT2D eigenvalue weighted by molar-refractivity contribution is 7.87. The van der Waals surface area contributed by atoms with Gasteiger partial charge in [-0.3, -0.25) is 0 Å². The lowest BCUT2D eigenvalue weighted by Gasteiger charge is -1.99. The highest BCUT2D eigenvalue weighted by Gasteiger charge is 2.09. The lowest BCUT2D eigenvalue weighted by molar-refractivity contribution is 0.434. The van der Waals surface area contributed by atoms with E-state index in [0.717, 1.165) is 12.8 Å². The van der Waals surface area contributed by atoms with E-state index in [1.807, 2.05) is 6.92 Å². The molecule has 0 heterocycles. The third kappa shape index (κ3) is 6.34. The van der Waals surface area contributed by atoms with E-state index in [2.05, 4.69) is 4.10 Å². The molecule has 0 aliphatic heterocycles. The van der Waals surface area contributed by atoms with Crippen LogP contribution in [-0.4, -0.2) is 26.9 Å². The molecule has 0 atom stereocenters. The van der Waals surface area contributed by atoms with Crippen molar-refractivity contribution in [2.45, 2.75) is 26.2 Å². The minimum atomic E-state index is -3.51. The van der Waals surface area contributed by atoms with Gasteiger partial charge >= 0.3 is 7.69 Å². The van der Waals surface area contributed by atoms with Crippen molar-refractivity contribution in [3.8, 4) is 0 Å². The summed E-state index contributed by atoms with van der Waals surface area (Å²) in [5.41, 5.74) is 0. The average Bonchev–Trinajstić information content (AvgIpc) is 1.87. The molecule has 0 fully saturated rings. The van der Waals surface area contributed by atoms with Crippen LogP contribution in [0.25, 0.3) is 0 Å². The van der Waals surface area contributed by atoms with Crippen LogP contribution in [0, 0.1) is 0 Å². The molecule has 0 saturated carbocycles. The fourth-order valence-corrected chi connectivity index (χ4v) is 1.43. The first kappa shape index (κ1) is 10.9. The van der Waals surface area contributed by atoms with Gasteiger partial charge in [-0.2, -0.15) is 0 Å². The Hall–Kier alpha value is -0.0651. The maximum atomic E-state index is 10.7. The molecule has 11 heavy (non-hydrogen) atoms. The summed E-state index contributed by atoms with van der Waals surface area (Å²) in [5.74, 6) is -0.0299. The fourth-order valence-electron chi connectivity index (χ4n) is 0.643. The van der Waals surface area contributed by atoms with Gasteiger partial charge in [0.25, 0.3) is 10.1 Å². The topological polar surface area (TPSA) is 63.6 Å². The van der Waals surface area contributed by atoms with Gasteiger partial charge in [-0.25, -0.2) is 8.42 Å². The van der Waals surface area contributed by atoms with Crippen LogP contribution in [0.2, 0.25) is 0 Å². The predicted molar refractivity (Wildman–Crippen MR) is 42.4 cm³/mol. The van der Waals surface area contributed by atoms with Crippen molar-refractivity contribution < 1.29 is 17.5 Å². The highest BCUT2D eigenvalue weighted by atomic mass is 32.2. The van der Waals surface area contributed by atoms with E-state index in [0.29, 0.717) is 6.42 Å². The monoisotopic (exact) mass is 179 g/mol.